The number of hydrogen-bond donors (Lipinski definition) is 2. The minimum atomic E-state index is 0.445. The van der Waals surface area contributed by atoms with Crippen LogP contribution in [-0.2, 0) is 0 Å². The fraction of sp³-hybridized carbons (Fsp3) is 0.200. The van der Waals surface area contributed by atoms with Crippen LogP contribution in [0.3, 0.4) is 0 Å². The molecule has 0 amide bonds. The van der Waals surface area contributed by atoms with Gasteiger partial charge in [0.05, 0.1) is 11.4 Å². The largest absolute Gasteiger partial charge is 0.386 e. The van der Waals surface area contributed by atoms with E-state index in [1.807, 2.05) is 42.4 Å². The van der Waals surface area contributed by atoms with Crippen molar-refractivity contribution < 1.29 is 0 Å². The summed E-state index contributed by atoms with van der Waals surface area (Å²) in [6.07, 6.45) is 4.30. The van der Waals surface area contributed by atoms with E-state index in [1.165, 1.54) is 11.2 Å². The molecule has 2 aromatic carbocycles. The summed E-state index contributed by atoms with van der Waals surface area (Å²) in [5.41, 5.74) is 4.71. The average Bonchev–Trinajstić information content (AvgIpc) is 2.50. The molecular weight excluding hydrogens is 283 g/mol. The lowest BCUT2D eigenvalue weighted by Gasteiger charge is -2.17. The summed E-state index contributed by atoms with van der Waals surface area (Å²) in [5.74, 6) is 0. The fourth-order valence-corrected chi connectivity index (χ4v) is 3.81. The van der Waals surface area contributed by atoms with Gasteiger partial charge in [-0.15, -0.1) is 0 Å². The summed E-state index contributed by atoms with van der Waals surface area (Å²) >= 11 is 3.73. The van der Waals surface area contributed by atoms with Crippen LogP contribution in [0.2, 0.25) is 0 Å². The second kappa shape index (κ2) is 7.55. The van der Waals surface area contributed by atoms with Crippen LogP contribution >= 0.6 is 23.2 Å². The summed E-state index contributed by atoms with van der Waals surface area (Å²) in [7, 11) is 1.94. The topological polar surface area (TPSA) is 24.1 Å². The maximum Gasteiger partial charge on any atom is 0.309 e. The van der Waals surface area contributed by atoms with Crippen molar-refractivity contribution in [2.45, 2.75) is 0 Å². The van der Waals surface area contributed by atoms with Crippen molar-refractivity contribution in [1.82, 2.24) is 0 Å². The van der Waals surface area contributed by atoms with E-state index >= 15 is 0 Å². The molecule has 0 fully saturated rings. The Morgan fingerprint density at radius 1 is 0.800 bits per heavy atom. The van der Waals surface area contributed by atoms with Crippen LogP contribution in [0, 0.1) is 0 Å². The number of rotatable bonds is 6. The number of nitrogens with one attached hydrogen (secondary N) is 2. The third-order valence-corrected chi connectivity index (χ3v) is 5.63. The molecule has 104 valence electrons. The summed E-state index contributed by atoms with van der Waals surface area (Å²) in [5, 5.41) is 7.22. The Balaban J connectivity index is 2.34. The van der Waals surface area contributed by atoms with Gasteiger partial charge in [0, 0.05) is 12.7 Å². The fourth-order valence-electron chi connectivity index (χ4n) is 2.12. The van der Waals surface area contributed by atoms with Gasteiger partial charge in [-0.1, -0.05) is 30.3 Å². The molecule has 0 radical (unpaired) electrons. The van der Waals surface area contributed by atoms with Gasteiger partial charge in [-0.2, -0.15) is 23.2 Å². The van der Waals surface area contributed by atoms with Crippen LogP contribution in [0.25, 0.3) is 0 Å². The molecule has 5 heteroatoms. The van der Waals surface area contributed by atoms with Gasteiger partial charge in [-0.3, -0.25) is 0 Å². The third-order valence-electron chi connectivity index (χ3n) is 3.11. The second-order valence-electron chi connectivity index (χ2n) is 4.31. The van der Waals surface area contributed by atoms with Gasteiger partial charge in [0.1, 0.15) is 0 Å². The molecule has 0 unspecified atom stereocenters. The molecule has 2 N–H and O–H groups in total. The molecule has 0 aliphatic heterocycles. The Morgan fingerprint density at radius 2 is 1.35 bits per heavy atom. The van der Waals surface area contributed by atoms with Crippen molar-refractivity contribution in [2.75, 3.05) is 30.2 Å². The van der Waals surface area contributed by atoms with Crippen molar-refractivity contribution in [3.63, 3.8) is 0 Å². The molecule has 0 aliphatic rings. The van der Waals surface area contributed by atoms with Crippen LogP contribution < -0.4 is 16.1 Å². The predicted molar refractivity (Wildman–Crippen MR) is 98.1 cm³/mol. The molecule has 0 bridgehead atoms. The summed E-state index contributed by atoms with van der Waals surface area (Å²) < 4.78 is 0. The van der Waals surface area contributed by atoms with Gasteiger partial charge < -0.3 is 10.6 Å². The zero-order valence-electron chi connectivity index (χ0n) is 12.0. The Labute approximate surface area is 130 Å². The minimum absolute atomic E-state index is 0.445. The van der Waals surface area contributed by atoms with Gasteiger partial charge in [0.2, 0.25) is 0 Å². The molecule has 20 heavy (non-hydrogen) atoms. The molecule has 0 saturated carbocycles. The van der Waals surface area contributed by atoms with E-state index in [4.69, 9.17) is 0 Å². The summed E-state index contributed by atoms with van der Waals surface area (Å²) in [6, 6.07) is 16.8. The maximum atomic E-state index is 3.55. The standard InChI is InChI=1S/C15H19BN2S2/c1-17-14-10-6-7-11-15(14)18-13-9-5-4-8-12(13)16(19-2)20-3/h4-11,17-18H,1-3H3. The predicted octanol–water partition coefficient (Wildman–Crippen LogP) is 3.89. The molecule has 0 aliphatic carbocycles. The molecule has 2 rings (SSSR count). The lowest BCUT2D eigenvalue weighted by Crippen LogP contribution is -2.25. The van der Waals surface area contributed by atoms with E-state index < -0.39 is 0 Å². The summed E-state index contributed by atoms with van der Waals surface area (Å²) in [6.45, 7) is 0. The van der Waals surface area contributed by atoms with Crippen molar-refractivity contribution in [2.24, 2.45) is 0 Å². The highest BCUT2D eigenvalue weighted by atomic mass is 32.2. The van der Waals surface area contributed by atoms with E-state index in [0.29, 0.717) is 5.27 Å². The Bertz CT molecular complexity index is 559. The maximum absolute atomic E-state index is 3.55. The third kappa shape index (κ3) is 3.47. The molecule has 2 nitrogen and oxygen atoms in total. The molecule has 0 saturated heterocycles. The quantitative estimate of drug-likeness (QED) is 0.791. The first-order chi connectivity index (χ1) is 9.80. The first-order valence-corrected chi connectivity index (χ1v) is 9.06. The smallest absolute Gasteiger partial charge is 0.309 e. The van der Waals surface area contributed by atoms with Crippen molar-refractivity contribution in [3.05, 3.63) is 48.5 Å². The van der Waals surface area contributed by atoms with Crippen LogP contribution in [0.4, 0.5) is 17.1 Å². The van der Waals surface area contributed by atoms with Crippen LogP contribution in [-0.4, -0.2) is 24.8 Å². The van der Waals surface area contributed by atoms with E-state index in [2.05, 4.69) is 59.5 Å². The van der Waals surface area contributed by atoms with E-state index in [-0.39, 0.29) is 0 Å². The Morgan fingerprint density at radius 3 is 1.95 bits per heavy atom. The molecule has 0 aromatic heterocycles. The highest BCUT2D eigenvalue weighted by Crippen LogP contribution is 2.26. The number of anilines is 3. The number of hydrogen-bond acceptors (Lipinski definition) is 4. The Kier molecular flexibility index (Phi) is 5.74. The summed E-state index contributed by atoms with van der Waals surface area (Å²) in [4.78, 5) is 0. The van der Waals surface area contributed by atoms with Gasteiger partial charge in [0.25, 0.3) is 0 Å². The van der Waals surface area contributed by atoms with Crippen LogP contribution in [0.15, 0.2) is 48.5 Å². The molecule has 2 aromatic rings. The lowest BCUT2D eigenvalue weighted by atomic mass is 9.90. The van der Waals surface area contributed by atoms with E-state index in [1.54, 1.807) is 0 Å². The number of benzene rings is 2. The van der Waals surface area contributed by atoms with Crippen LogP contribution in [0.5, 0.6) is 0 Å². The number of para-hydroxylation sites is 3. The highest BCUT2D eigenvalue weighted by Gasteiger charge is 2.17. The molecule has 0 atom stereocenters. The Hall–Kier alpha value is -1.20. The average molecular weight is 302 g/mol. The first kappa shape index (κ1) is 15.2. The minimum Gasteiger partial charge on any atom is -0.386 e. The lowest BCUT2D eigenvalue weighted by molar-refractivity contribution is 1.48. The van der Waals surface area contributed by atoms with Gasteiger partial charge in [0.15, 0.2) is 0 Å². The normalized spacial score (nSPS) is 10.2. The van der Waals surface area contributed by atoms with Gasteiger partial charge >= 0.3 is 5.27 Å². The zero-order chi connectivity index (χ0) is 14.4. The van der Waals surface area contributed by atoms with Gasteiger partial charge in [-0.25, -0.2) is 0 Å². The first-order valence-electron chi connectivity index (χ1n) is 6.48. The second-order valence-corrected chi connectivity index (χ2v) is 6.50. The monoisotopic (exact) mass is 302 g/mol. The molecule has 0 spiro atoms. The van der Waals surface area contributed by atoms with E-state index in [0.717, 1.165) is 11.4 Å². The SMILES string of the molecule is CNc1ccccc1Nc1ccccc1B(SC)SC. The van der Waals surface area contributed by atoms with Crippen molar-refractivity contribution >= 4 is 51.0 Å². The zero-order valence-corrected chi connectivity index (χ0v) is 13.6. The van der Waals surface area contributed by atoms with Gasteiger partial charge in [-0.05, 0) is 36.2 Å². The molecular formula is C15H19BN2S2. The van der Waals surface area contributed by atoms with Crippen molar-refractivity contribution in [1.29, 1.82) is 0 Å². The van der Waals surface area contributed by atoms with Crippen LogP contribution in [0.1, 0.15) is 0 Å². The van der Waals surface area contributed by atoms with Crippen molar-refractivity contribution in [3.8, 4) is 0 Å². The van der Waals surface area contributed by atoms with E-state index in [9.17, 15) is 0 Å². The molecule has 0 heterocycles. The highest BCUT2D eigenvalue weighted by molar-refractivity contribution is 8.55.